The van der Waals surface area contributed by atoms with Crippen LogP contribution >= 0.6 is 23.5 Å². The fourth-order valence-corrected chi connectivity index (χ4v) is 12.1. The van der Waals surface area contributed by atoms with Crippen LogP contribution in [-0.2, 0) is 47.8 Å². The minimum absolute atomic E-state index is 0.00964. The van der Waals surface area contributed by atoms with Crippen molar-refractivity contribution >= 4 is 47.1 Å². The molecular weight excluding hydrogens is 869 g/mol. The number of phosphoric acid groups is 3. The number of fused-ring (bicyclic) bond motifs is 2. The highest BCUT2D eigenvalue weighted by Gasteiger charge is 2.81. The number of Topliss-reactive ketones (excluding diaryl/α,β-unsaturated/α-hetero) is 2. The first-order valence-corrected chi connectivity index (χ1v) is 24.9. The van der Waals surface area contributed by atoms with Crippen molar-refractivity contribution in [1.29, 1.82) is 0 Å². The van der Waals surface area contributed by atoms with Crippen LogP contribution in [0.4, 0.5) is 0 Å². The van der Waals surface area contributed by atoms with E-state index in [9.17, 15) is 42.9 Å². The van der Waals surface area contributed by atoms with Gasteiger partial charge < -0.3 is 38.2 Å². The molecule has 17 nitrogen and oxygen atoms in total. The maximum Gasteiger partial charge on any atom is 0.536 e. The van der Waals surface area contributed by atoms with E-state index in [1.165, 1.54) is 12.2 Å². The van der Waals surface area contributed by atoms with Crippen molar-refractivity contribution in [2.24, 2.45) is 11.8 Å². The number of unbranched alkanes of at least 4 members (excludes halogenated alkanes) is 1. The summed E-state index contributed by atoms with van der Waals surface area (Å²) in [6.07, 6.45) is 12.7. The summed E-state index contributed by atoms with van der Waals surface area (Å²) < 4.78 is 77.6. The number of esters is 1. The number of carbonyl (C=O) groups is 3. The molecule has 3 heterocycles. The Labute approximate surface area is 360 Å². The monoisotopic (exact) mass is 924 g/mol. The summed E-state index contributed by atoms with van der Waals surface area (Å²) in [6.45, 7) is 16.7. The van der Waals surface area contributed by atoms with Crippen LogP contribution in [0.5, 0.6) is 17.2 Å². The van der Waals surface area contributed by atoms with E-state index < -0.39 is 80.8 Å². The number of benzene rings is 1. The number of phosphoric ester groups is 1. The van der Waals surface area contributed by atoms with Gasteiger partial charge in [0.05, 0.1) is 17.8 Å². The minimum Gasteiger partial charge on any atom is -0.482 e. The van der Waals surface area contributed by atoms with E-state index in [4.69, 9.17) is 23.5 Å². The van der Waals surface area contributed by atoms with Gasteiger partial charge in [0.2, 0.25) is 0 Å². The van der Waals surface area contributed by atoms with Gasteiger partial charge in [-0.3, -0.25) is 14.5 Å². The largest absolute Gasteiger partial charge is 0.536 e. The van der Waals surface area contributed by atoms with E-state index in [1.807, 2.05) is 53.7 Å². The predicted molar refractivity (Wildman–Crippen MR) is 225 cm³/mol. The Morgan fingerprint density at radius 2 is 1.60 bits per heavy atom. The number of carbonyl (C=O) groups excluding carboxylic acids is 3. The first-order valence-electron chi connectivity index (χ1n) is 20.4. The normalized spacial score (nSPS) is 28.5. The van der Waals surface area contributed by atoms with Crippen molar-refractivity contribution in [2.75, 3.05) is 6.61 Å². The van der Waals surface area contributed by atoms with Crippen LogP contribution in [0.15, 0.2) is 52.7 Å². The molecule has 2 fully saturated rings. The quantitative estimate of drug-likeness (QED) is 0.0376. The molecule has 340 valence electrons. The second-order valence-corrected chi connectivity index (χ2v) is 22.0. The fourth-order valence-electron chi connectivity index (χ4n) is 9.08. The van der Waals surface area contributed by atoms with Gasteiger partial charge in [-0.15, -0.1) is 0 Å². The molecular formula is C42H55O17P3. The summed E-state index contributed by atoms with van der Waals surface area (Å²) in [4.78, 5) is 82.8. The van der Waals surface area contributed by atoms with Crippen molar-refractivity contribution in [1.82, 2.24) is 0 Å². The molecule has 7 unspecified atom stereocenters. The molecule has 1 spiro atoms. The smallest absolute Gasteiger partial charge is 0.482 e. The highest BCUT2D eigenvalue weighted by atomic mass is 31.3. The SMILES string of the molecule is CCCCOC(=O)C(C)=CCC12OC(C)(C)C3CC(C=C4C(=O)c5c(OP(=O)(O)OP(=O)(O)OP(=O)(O)O)c6c(c(CC=C(C)C)c5OC431)OC(C)(CCC=C(C)C)C=C6)C2=O. The Balaban J connectivity index is 1.61. The van der Waals surface area contributed by atoms with Gasteiger partial charge in [0.15, 0.2) is 28.5 Å². The van der Waals surface area contributed by atoms with Crippen molar-refractivity contribution in [3.05, 3.63) is 69.4 Å². The lowest BCUT2D eigenvalue weighted by Gasteiger charge is -2.56. The summed E-state index contributed by atoms with van der Waals surface area (Å²) in [6, 6.07) is 0. The summed E-state index contributed by atoms with van der Waals surface area (Å²) in [5.74, 6) is -4.04. The van der Waals surface area contributed by atoms with Gasteiger partial charge in [-0.05, 0) is 99.6 Å². The predicted octanol–water partition coefficient (Wildman–Crippen LogP) is 8.50. The Morgan fingerprint density at radius 1 is 0.919 bits per heavy atom. The molecule has 1 saturated carbocycles. The average molecular weight is 925 g/mol. The third-order valence-electron chi connectivity index (χ3n) is 11.8. The van der Waals surface area contributed by atoms with E-state index in [2.05, 4.69) is 8.62 Å². The van der Waals surface area contributed by atoms with Crippen LogP contribution in [0.25, 0.3) is 6.08 Å². The van der Waals surface area contributed by atoms with Crippen LogP contribution in [-0.4, -0.2) is 66.1 Å². The molecule has 6 aliphatic rings. The van der Waals surface area contributed by atoms with Crippen molar-refractivity contribution in [2.45, 2.75) is 130 Å². The number of allylic oxidation sites excluding steroid dienone is 5. The Hall–Kier alpha value is -3.46. The van der Waals surface area contributed by atoms with E-state index >= 15 is 4.79 Å². The molecule has 7 atom stereocenters. The van der Waals surface area contributed by atoms with Crippen molar-refractivity contribution in [3.63, 3.8) is 0 Å². The summed E-state index contributed by atoms with van der Waals surface area (Å²) >= 11 is 0. The lowest BCUT2D eigenvalue weighted by Crippen LogP contribution is -2.72. The lowest BCUT2D eigenvalue weighted by molar-refractivity contribution is -0.171. The summed E-state index contributed by atoms with van der Waals surface area (Å²) in [5, 5.41) is 0. The van der Waals surface area contributed by atoms with Gasteiger partial charge in [0.25, 0.3) is 0 Å². The standard InChI is InChI=1S/C42H55O17P3/c1-10-11-21-53-38(45)26(6)16-20-41-37(44)27-22-30-33(43)32-35(55-42(30,41)31(23-27)39(7,8)57-41)28(15-14-25(4)5)34-29(17-19-40(9,54-34)18-12-13-24(2)3)36(32)56-61(49,50)59-62(51,52)58-60(46,47)48/h13-14,16-17,19,22,27,31H,10-12,15,18,20-21,23H2,1-9H3,(H,49,50)(H,51,52)(H2,46,47,48). The number of hydrogen-bond donors (Lipinski definition) is 4. The van der Waals surface area contributed by atoms with Gasteiger partial charge in [0.1, 0.15) is 22.7 Å². The van der Waals surface area contributed by atoms with E-state index in [1.54, 1.807) is 32.9 Å². The molecule has 0 amide bonds. The Bertz CT molecular complexity index is 2380. The molecule has 62 heavy (non-hydrogen) atoms. The first-order chi connectivity index (χ1) is 28.6. The number of hydrogen-bond acceptors (Lipinski definition) is 13. The summed E-state index contributed by atoms with van der Waals surface area (Å²) in [5.41, 5.74) is -3.82. The topological polar surface area (TPSA) is 248 Å². The molecule has 4 bridgehead atoms. The minimum atomic E-state index is -6.00. The van der Waals surface area contributed by atoms with Crippen molar-refractivity contribution in [3.8, 4) is 17.2 Å². The van der Waals surface area contributed by atoms with Crippen LogP contribution in [0, 0.1) is 11.8 Å². The van der Waals surface area contributed by atoms with E-state index in [0.717, 1.165) is 17.6 Å². The highest BCUT2D eigenvalue weighted by molar-refractivity contribution is 7.66. The second kappa shape index (κ2) is 16.8. The second-order valence-electron chi connectivity index (χ2n) is 17.6. The van der Waals surface area contributed by atoms with Crippen LogP contribution in [0.1, 0.15) is 122 Å². The zero-order valence-corrected chi connectivity index (χ0v) is 38.9. The Kier molecular flexibility index (Phi) is 13.0. The fraction of sp³-hybridized carbons (Fsp3) is 0.548. The van der Waals surface area contributed by atoms with Crippen LogP contribution < -0.4 is 14.0 Å². The summed E-state index contributed by atoms with van der Waals surface area (Å²) in [7, 11) is -17.7. The van der Waals surface area contributed by atoms with Gasteiger partial charge >= 0.3 is 29.4 Å². The van der Waals surface area contributed by atoms with E-state index in [-0.39, 0.29) is 59.9 Å². The Morgan fingerprint density at radius 3 is 2.23 bits per heavy atom. The third kappa shape index (κ3) is 8.96. The maximum absolute atomic E-state index is 15.5. The zero-order valence-electron chi connectivity index (χ0n) is 36.2. The molecule has 3 aliphatic carbocycles. The number of ketones is 2. The molecule has 7 rings (SSSR count). The molecule has 3 aliphatic heterocycles. The zero-order chi connectivity index (χ0) is 46.0. The molecule has 0 radical (unpaired) electrons. The highest BCUT2D eigenvalue weighted by Crippen LogP contribution is 2.71. The molecule has 4 N–H and O–H groups in total. The van der Waals surface area contributed by atoms with Gasteiger partial charge in [-0.2, -0.15) is 8.62 Å². The molecule has 1 aromatic rings. The lowest BCUT2D eigenvalue weighted by atomic mass is 9.51. The molecule has 0 aromatic heterocycles. The van der Waals surface area contributed by atoms with Crippen molar-refractivity contribution < 1.29 is 79.7 Å². The molecule has 1 aromatic carbocycles. The van der Waals surface area contributed by atoms with Crippen LogP contribution in [0.2, 0.25) is 0 Å². The van der Waals surface area contributed by atoms with Gasteiger partial charge in [-0.25, -0.2) is 18.5 Å². The van der Waals surface area contributed by atoms with E-state index in [0.29, 0.717) is 24.8 Å². The van der Waals surface area contributed by atoms with Gasteiger partial charge in [0, 0.05) is 35.0 Å². The number of ether oxygens (including phenoxy) is 4. The molecule has 1 saturated heterocycles. The molecule has 20 heteroatoms. The maximum atomic E-state index is 15.5. The third-order valence-corrected chi connectivity index (χ3v) is 15.5. The first kappa shape index (κ1) is 48.0. The number of rotatable bonds is 17. The van der Waals surface area contributed by atoms with Gasteiger partial charge in [-0.1, -0.05) is 48.8 Å². The average Bonchev–Trinajstić information content (AvgIpc) is 3.28. The van der Waals surface area contributed by atoms with Crippen LogP contribution in [0.3, 0.4) is 0 Å².